The molecule has 55 heavy (non-hydrogen) atoms. The summed E-state index contributed by atoms with van der Waals surface area (Å²) in [4.78, 5) is 14.9. The highest BCUT2D eigenvalue weighted by Crippen LogP contribution is 2.38. The number of nitrogens with zero attached hydrogens (tertiary/aromatic N) is 1. The third-order valence-electron chi connectivity index (χ3n) is 10.3. The standard InChI is InChI=1S/C50H57NO4/c1-2-3-4-5-6-7-8-9-10-11-12-25-34-51-45-35-44(53-37-40-26-17-13-18-27-40)36-46(54-38-41-28-19-14-20-29-41)47(45)49(52)50(48(51)43-32-23-16-24-33-43)55-39-42-30-21-15-22-31-42/h13-24,26-33,35-36H,2-12,25,34,37-39H2,1H3. The Bertz CT molecular complexity index is 2060. The van der Waals surface area contributed by atoms with E-state index >= 15 is 0 Å². The Kier molecular flexibility index (Phi) is 15.4. The molecule has 286 valence electrons. The number of unbranched alkanes of at least 4 members (excludes halogenated alkanes) is 11. The van der Waals surface area contributed by atoms with Crippen molar-refractivity contribution in [2.24, 2.45) is 0 Å². The van der Waals surface area contributed by atoms with Crippen molar-refractivity contribution in [1.82, 2.24) is 4.57 Å². The average molecular weight is 736 g/mol. The van der Waals surface area contributed by atoms with Gasteiger partial charge in [0, 0.05) is 24.2 Å². The highest BCUT2D eigenvalue weighted by atomic mass is 16.5. The van der Waals surface area contributed by atoms with Gasteiger partial charge in [0.15, 0.2) is 5.75 Å². The molecule has 0 aliphatic rings. The lowest BCUT2D eigenvalue weighted by Gasteiger charge is -2.23. The zero-order chi connectivity index (χ0) is 37.9. The quantitative estimate of drug-likeness (QED) is 0.0615. The Hall–Kier alpha value is -5.29. The molecule has 0 N–H and O–H groups in total. The Morgan fingerprint density at radius 2 is 0.945 bits per heavy atom. The maximum absolute atomic E-state index is 14.9. The van der Waals surface area contributed by atoms with Crippen LogP contribution in [0.2, 0.25) is 0 Å². The van der Waals surface area contributed by atoms with Crippen LogP contribution in [0.5, 0.6) is 17.2 Å². The highest BCUT2D eigenvalue weighted by Gasteiger charge is 2.24. The van der Waals surface area contributed by atoms with Gasteiger partial charge in [-0.05, 0) is 23.1 Å². The summed E-state index contributed by atoms with van der Waals surface area (Å²) in [5, 5.41) is 0.504. The van der Waals surface area contributed by atoms with Gasteiger partial charge in [-0.3, -0.25) is 4.79 Å². The van der Waals surface area contributed by atoms with E-state index in [0.29, 0.717) is 35.8 Å². The number of hydrogen-bond acceptors (Lipinski definition) is 4. The van der Waals surface area contributed by atoms with Gasteiger partial charge in [0.05, 0.1) is 16.6 Å². The zero-order valence-electron chi connectivity index (χ0n) is 32.6. The Morgan fingerprint density at radius 3 is 1.47 bits per heavy atom. The number of benzene rings is 5. The van der Waals surface area contributed by atoms with Crippen molar-refractivity contribution in [2.75, 3.05) is 0 Å². The van der Waals surface area contributed by atoms with Crippen LogP contribution in [0.4, 0.5) is 0 Å². The first kappa shape index (κ1) is 39.4. The topological polar surface area (TPSA) is 49.7 Å². The van der Waals surface area contributed by atoms with E-state index in [-0.39, 0.29) is 12.0 Å². The smallest absolute Gasteiger partial charge is 0.235 e. The summed E-state index contributed by atoms with van der Waals surface area (Å²) >= 11 is 0. The fourth-order valence-electron chi connectivity index (χ4n) is 7.24. The van der Waals surface area contributed by atoms with Crippen LogP contribution in [0.1, 0.15) is 101 Å². The molecule has 1 aromatic heterocycles. The van der Waals surface area contributed by atoms with E-state index in [0.717, 1.165) is 52.9 Å². The molecule has 0 fully saturated rings. The number of hydrogen-bond donors (Lipinski definition) is 0. The van der Waals surface area contributed by atoms with E-state index in [2.05, 4.69) is 35.8 Å². The van der Waals surface area contributed by atoms with Crippen LogP contribution in [0.3, 0.4) is 0 Å². The van der Waals surface area contributed by atoms with Crippen molar-refractivity contribution < 1.29 is 14.2 Å². The summed E-state index contributed by atoms with van der Waals surface area (Å²) < 4.78 is 21.9. The van der Waals surface area contributed by atoms with E-state index in [1.54, 1.807) is 0 Å². The number of fused-ring (bicyclic) bond motifs is 1. The molecule has 0 aliphatic heterocycles. The van der Waals surface area contributed by atoms with Gasteiger partial charge in [-0.25, -0.2) is 0 Å². The second-order valence-corrected chi connectivity index (χ2v) is 14.6. The van der Waals surface area contributed by atoms with E-state index in [9.17, 15) is 4.79 Å². The molecule has 0 unspecified atom stereocenters. The summed E-state index contributed by atoms with van der Waals surface area (Å²) in [5.41, 5.74) is 5.40. The number of aromatic nitrogens is 1. The minimum absolute atomic E-state index is 0.187. The highest BCUT2D eigenvalue weighted by molar-refractivity contribution is 5.92. The SMILES string of the molecule is CCCCCCCCCCCCCCn1c(-c2ccccc2)c(OCc2ccccc2)c(=O)c2c(OCc3ccccc3)cc(OCc3ccccc3)cc21. The molecule has 0 radical (unpaired) electrons. The lowest BCUT2D eigenvalue weighted by atomic mass is 10.0. The molecular formula is C50H57NO4. The molecule has 6 rings (SSSR count). The van der Waals surface area contributed by atoms with Crippen LogP contribution >= 0.6 is 0 Å². The van der Waals surface area contributed by atoms with E-state index < -0.39 is 0 Å². The predicted octanol–water partition coefficient (Wildman–Crippen LogP) is 13.1. The van der Waals surface area contributed by atoms with Crippen LogP contribution in [0, 0.1) is 0 Å². The predicted molar refractivity (Wildman–Crippen MR) is 227 cm³/mol. The van der Waals surface area contributed by atoms with Crippen molar-refractivity contribution in [3.8, 4) is 28.5 Å². The minimum atomic E-state index is -0.187. The van der Waals surface area contributed by atoms with Crippen LogP contribution in [0.25, 0.3) is 22.2 Å². The number of pyridine rings is 1. The first-order valence-corrected chi connectivity index (χ1v) is 20.5. The van der Waals surface area contributed by atoms with Crippen LogP contribution in [-0.4, -0.2) is 4.57 Å². The molecule has 0 bridgehead atoms. The van der Waals surface area contributed by atoms with Gasteiger partial charge in [-0.1, -0.05) is 199 Å². The summed E-state index contributed by atoms with van der Waals surface area (Å²) in [5.74, 6) is 1.48. The van der Waals surface area contributed by atoms with Gasteiger partial charge in [-0.2, -0.15) is 0 Å². The first-order valence-electron chi connectivity index (χ1n) is 20.5. The maximum atomic E-state index is 14.9. The van der Waals surface area contributed by atoms with E-state index in [1.165, 1.54) is 64.2 Å². The van der Waals surface area contributed by atoms with Gasteiger partial charge in [0.2, 0.25) is 5.43 Å². The monoisotopic (exact) mass is 735 g/mol. The molecule has 5 aromatic carbocycles. The van der Waals surface area contributed by atoms with Gasteiger partial charge in [0.25, 0.3) is 0 Å². The molecule has 0 spiro atoms. The molecule has 0 atom stereocenters. The summed E-state index contributed by atoms with van der Waals surface area (Å²) in [6.45, 7) is 3.99. The molecule has 0 amide bonds. The Labute approximate surface area is 327 Å². The van der Waals surface area contributed by atoms with Gasteiger partial charge in [-0.15, -0.1) is 0 Å². The van der Waals surface area contributed by atoms with Gasteiger partial charge >= 0.3 is 0 Å². The first-order chi connectivity index (χ1) is 27.2. The Morgan fingerprint density at radius 1 is 0.491 bits per heavy atom. The largest absolute Gasteiger partial charge is 0.489 e. The molecule has 0 saturated heterocycles. The molecular weight excluding hydrogens is 679 g/mol. The van der Waals surface area contributed by atoms with Crippen molar-refractivity contribution >= 4 is 10.9 Å². The molecule has 5 nitrogen and oxygen atoms in total. The van der Waals surface area contributed by atoms with E-state index in [4.69, 9.17) is 14.2 Å². The minimum Gasteiger partial charge on any atom is -0.489 e. The molecule has 0 aliphatic carbocycles. The normalized spacial score (nSPS) is 11.1. The molecule has 5 heteroatoms. The lowest BCUT2D eigenvalue weighted by molar-refractivity contribution is 0.291. The van der Waals surface area contributed by atoms with Gasteiger partial charge in [0.1, 0.15) is 31.3 Å². The van der Waals surface area contributed by atoms with Gasteiger partial charge < -0.3 is 18.8 Å². The van der Waals surface area contributed by atoms with Crippen molar-refractivity contribution in [3.63, 3.8) is 0 Å². The van der Waals surface area contributed by atoms with E-state index in [1.807, 2.05) is 109 Å². The summed E-state index contributed by atoms with van der Waals surface area (Å²) in [6, 6.07) is 44.3. The van der Waals surface area contributed by atoms with Crippen LogP contribution < -0.4 is 19.6 Å². The molecule has 1 heterocycles. The third-order valence-corrected chi connectivity index (χ3v) is 10.3. The van der Waals surface area contributed by atoms with Crippen LogP contribution in [0.15, 0.2) is 138 Å². The second kappa shape index (κ2) is 21.6. The number of aryl methyl sites for hydroxylation is 1. The lowest BCUT2D eigenvalue weighted by Crippen LogP contribution is -2.18. The van der Waals surface area contributed by atoms with Crippen molar-refractivity contribution in [2.45, 2.75) is 110 Å². The second-order valence-electron chi connectivity index (χ2n) is 14.6. The zero-order valence-corrected chi connectivity index (χ0v) is 32.6. The summed E-state index contributed by atoms with van der Waals surface area (Å²) in [7, 11) is 0. The fraction of sp³-hybridized carbons (Fsp3) is 0.340. The average Bonchev–Trinajstić information content (AvgIpc) is 3.24. The molecule has 6 aromatic rings. The Balaban J connectivity index is 1.36. The van der Waals surface area contributed by atoms with Crippen molar-refractivity contribution in [1.29, 1.82) is 0 Å². The fourth-order valence-corrected chi connectivity index (χ4v) is 7.24. The van der Waals surface area contributed by atoms with Crippen molar-refractivity contribution in [3.05, 3.63) is 160 Å². The third kappa shape index (κ3) is 11.6. The maximum Gasteiger partial charge on any atom is 0.235 e. The summed E-state index contributed by atoms with van der Waals surface area (Å²) in [6.07, 6.45) is 15.3. The molecule has 0 saturated carbocycles. The number of ether oxygens (including phenoxy) is 3. The number of rotatable bonds is 23. The van der Waals surface area contributed by atoms with Crippen LogP contribution in [-0.2, 0) is 26.4 Å².